The molecule has 5 heteroatoms. The van der Waals surface area contributed by atoms with Crippen molar-refractivity contribution in [3.05, 3.63) is 35.6 Å². The molecular formula is C21H28FNO3. The molecule has 1 amide bonds. The van der Waals surface area contributed by atoms with Crippen molar-refractivity contribution < 1.29 is 18.7 Å². The van der Waals surface area contributed by atoms with Gasteiger partial charge in [0.15, 0.2) is 6.61 Å². The summed E-state index contributed by atoms with van der Waals surface area (Å²) in [5.41, 5.74) is -0.562. The summed E-state index contributed by atoms with van der Waals surface area (Å²) in [6.07, 6.45) is 7.24. The molecule has 142 valence electrons. The number of hydrogen-bond acceptors (Lipinski definition) is 3. The van der Waals surface area contributed by atoms with Crippen molar-refractivity contribution in [1.82, 2.24) is 5.32 Å². The Bertz CT molecular complexity index is 654. The fourth-order valence-corrected chi connectivity index (χ4v) is 4.46. The van der Waals surface area contributed by atoms with Gasteiger partial charge in [0, 0.05) is 11.6 Å². The van der Waals surface area contributed by atoms with Gasteiger partial charge in [-0.15, -0.1) is 0 Å². The summed E-state index contributed by atoms with van der Waals surface area (Å²) < 4.78 is 19.7. The predicted octanol–water partition coefficient (Wildman–Crippen LogP) is 3.88. The molecule has 0 unspecified atom stereocenters. The smallest absolute Gasteiger partial charge is 0.317 e. The van der Waals surface area contributed by atoms with Gasteiger partial charge >= 0.3 is 5.97 Å². The van der Waals surface area contributed by atoms with Gasteiger partial charge in [0.05, 0.1) is 5.41 Å². The lowest BCUT2D eigenvalue weighted by Crippen LogP contribution is -2.44. The van der Waals surface area contributed by atoms with Crippen LogP contribution in [-0.4, -0.2) is 24.5 Å². The largest absolute Gasteiger partial charge is 0.455 e. The van der Waals surface area contributed by atoms with Crippen molar-refractivity contribution in [3.63, 3.8) is 0 Å². The lowest BCUT2D eigenvalue weighted by molar-refractivity contribution is -0.154. The molecule has 0 aromatic heterocycles. The van der Waals surface area contributed by atoms with Gasteiger partial charge in [-0.2, -0.15) is 0 Å². The molecule has 0 saturated heterocycles. The molecular weight excluding hydrogens is 333 g/mol. The Morgan fingerprint density at radius 2 is 1.85 bits per heavy atom. The van der Waals surface area contributed by atoms with Crippen LogP contribution in [0, 0.1) is 11.7 Å². The van der Waals surface area contributed by atoms with E-state index in [2.05, 4.69) is 12.2 Å². The van der Waals surface area contributed by atoms with E-state index >= 15 is 0 Å². The highest BCUT2D eigenvalue weighted by Gasteiger charge is 2.46. The van der Waals surface area contributed by atoms with E-state index < -0.39 is 11.4 Å². The Morgan fingerprint density at radius 3 is 2.54 bits per heavy atom. The molecule has 0 heterocycles. The zero-order chi connectivity index (χ0) is 18.6. The number of rotatable bonds is 5. The molecule has 0 bridgehead atoms. The number of carbonyl (C=O) groups is 2. The molecule has 1 aromatic rings. The number of hydrogen-bond donors (Lipinski definition) is 1. The van der Waals surface area contributed by atoms with Gasteiger partial charge in [-0.25, -0.2) is 4.39 Å². The minimum Gasteiger partial charge on any atom is -0.455 e. The quantitative estimate of drug-likeness (QED) is 0.810. The molecule has 0 radical (unpaired) electrons. The van der Waals surface area contributed by atoms with Crippen LogP contribution in [0.15, 0.2) is 24.3 Å². The fraction of sp³-hybridized carbons (Fsp3) is 0.619. The van der Waals surface area contributed by atoms with E-state index in [1.54, 1.807) is 18.2 Å². The van der Waals surface area contributed by atoms with E-state index in [0.717, 1.165) is 32.1 Å². The normalized spacial score (nSPS) is 24.8. The molecule has 3 rings (SSSR count). The number of carbonyl (C=O) groups excluding carboxylic acids is 2. The van der Waals surface area contributed by atoms with E-state index in [1.165, 1.54) is 12.5 Å². The molecule has 26 heavy (non-hydrogen) atoms. The van der Waals surface area contributed by atoms with E-state index in [-0.39, 0.29) is 24.4 Å². The maximum atomic E-state index is 14.3. The summed E-state index contributed by atoms with van der Waals surface area (Å²) >= 11 is 0. The van der Waals surface area contributed by atoms with Crippen LogP contribution in [-0.2, 0) is 19.7 Å². The number of esters is 1. The minimum atomic E-state index is -0.955. The zero-order valence-corrected chi connectivity index (χ0v) is 15.4. The van der Waals surface area contributed by atoms with Gasteiger partial charge < -0.3 is 10.1 Å². The van der Waals surface area contributed by atoms with Gasteiger partial charge in [-0.05, 0) is 37.7 Å². The Balaban J connectivity index is 1.62. The summed E-state index contributed by atoms with van der Waals surface area (Å²) in [6.45, 7) is 1.85. The first kappa shape index (κ1) is 18.9. The number of amides is 1. The molecule has 2 atom stereocenters. The molecule has 0 aliphatic heterocycles. The highest BCUT2D eigenvalue weighted by atomic mass is 19.1. The van der Waals surface area contributed by atoms with Crippen LogP contribution in [0.1, 0.15) is 63.9 Å². The number of halogens is 1. The first-order valence-electron chi connectivity index (χ1n) is 9.74. The van der Waals surface area contributed by atoms with Gasteiger partial charge in [0.2, 0.25) is 0 Å². The van der Waals surface area contributed by atoms with E-state index in [0.29, 0.717) is 24.3 Å². The zero-order valence-electron chi connectivity index (χ0n) is 15.4. The van der Waals surface area contributed by atoms with Crippen LogP contribution < -0.4 is 5.32 Å². The lowest BCUT2D eigenvalue weighted by atomic mass is 9.78. The lowest BCUT2D eigenvalue weighted by Gasteiger charge is -2.30. The standard InChI is InChI=1S/C21H28FNO3/c1-15-8-2-5-11-18(15)23-19(24)14-26-20(25)21(12-6-7-13-21)16-9-3-4-10-17(16)22/h3-4,9-10,15,18H,2,5-8,11-14H2,1H3,(H,23,24)/t15-,18+/m0/s1. The first-order valence-corrected chi connectivity index (χ1v) is 9.74. The topological polar surface area (TPSA) is 55.4 Å². The maximum absolute atomic E-state index is 14.3. The van der Waals surface area contributed by atoms with Crippen LogP contribution in [0.5, 0.6) is 0 Å². The van der Waals surface area contributed by atoms with Crippen molar-refractivity contribution >= 4 is 11.9 Å². The highest BCUT2D eigenvalue weighted by Crippen LogP contribution is 2.43. The van der Waals surface area contributed by atoms with Crippen molar-refractivity contribution in [2.24, 2.45) is 5.92 Å². The molecule has 0 spiro atoms. The second-order valence-corrected chi connectivity index (χ2v) is 7.78. The molecule has 2 aliphatic carbocycles. The summed E-state index contributed by atoms with van der Waals surface area (Å²) in [7, 11) is 0. The van der Waals surface area contributed by atoms with Crippen LogP contribution in [0.4, 0.5) is 4.39 Å². The van der Waals surface area contributed by atoms with Gasteiger partial charge in [0.1, 0.15) is 5.82 Å². The minimum absolute atomic E-state index is 0.155. The van der Waals surface area contributed by atoms with E-state index in [9.17, 15) is 14.0 Å². The third-order valence-electron chi connectivity index (χ3n) is 6.03. The van der Waals surface area contributed by atoms with Crippen molar-refractivity contribution in [1.29, 1.82) is 0 Å². The second kappa shape index (κ2) is 8.19. The van der Waals surface area contributed by atoms with Gasteiger partial charge in [-0.3, -0.25) is 9.59 Å². The molecule has 1 aromatic carbocycles. The third kappa shape index (κ3) is 3.92. The van der Waals surface area contributed by atoms with Crippen LogP contribution >= 0.6 is 0 Å². The Kier molecular flexibility index (Phi) is 5.94. The summed E-state index contributed by atoms with van der Waals surface area (Å²) in [5, 5.41) is 2.99. The summed E-state index contributed by atoms with van der Waals surface area (Å²) in [5.74, 6) is -0.680. The SMILES string of the molecule is C[C@H]1CCCC[C@H]1NC(=O)COC(=O)C1(c2ccccc2F)CCCC1. The van der Waals surface area contributed by atoms with Crippen LogP contribution in [0.25, 0.3) is 0 Å². The van der Waals surface area contributed by atoms with Crippen molar-refractivity contribution in [3.8, 4) is 0 Å². The highest BCUT2D eigenvalue weighted by molar-refractivity contribution is 5.86. The molecule has 1 N–H and O–H groups in total. The van der Waals surface area contributed by atoms with Crippen molar-refractivity contribution in [2.45, 2.75) is 69.7 Å². The van der Waals surface area contributed by atoms with Gasteiger partial charge in [-0.1, -0.05) is 50.8 Å². The monoisotopic (exact) mass is 361 g/mol. The summed E-state index contributed by atoms with van der Waals surface area (Å²) in [6, 6.07) is 6.54. The average molecular weight is 361 g/mol. The average Bonchev–Trinajstić information content (AvgIpc) is 3.13. The number of ether oxygens (including phenoxy) is 1. The molecule has 2 aliphatic rings. The van der Waals surface area contributed by atoms with E-state index in [1.807, 2.05) is 0 Å². The van der Waals surface area contributed by atoms with E-state index in [4.69, 9.17) is 4.74 Å². The first-order chi connectivity index (χ1) is 12.5. The summed E-state index contributed by atoms with van der Waals surface area (Å²) in [4.78, 5) is 25.0. The van der Waals surface area contributed by atoms with Crippen LogP contribution in [0.3, 0.4) is 0 Å². The Morgan fingerprint density at radius 1 is 1.15 bits per heavy atom. The van der Waals surface area contributed by atoms with Crippen molar-refractivity contribution in [2.75, 3.05) is 6.61 Å². The molecule has 2 saturated carbocycles. The fourth-order valence-electron chi connectivity index (χ4n) is 4.46. The molecule has 4 nitrogen and oxygen atoms in total. The Hall–Kier alpha value is -1.91. The Labute approximate surface area is 154 Å². The maximum Gasteiger partial charge on any atom is 0.317 e. The number of nitrogens with one attached hydrogen (secondary N) is 1. The third-order valence-corrected chi connectivity index (χ3v) is 6.03. The predicted molar refractivity (Wildman–Crippen MR) is 97.1 cm³/mol. The van der Waals surface area contributed by atoms with Gasteiger partial charge in [0.25, 0.3) is 5.91 Å². The number of benzene rings is 1. The van der Waals surface area contributed by atoms with Crippen LogP contribution in [0.2, 0.25) is 0 Å². The second-order valence-electron chi connectivity index (χ2n) is 7.78. The molecule has 2 fully saturated rings.